The van der Waals surface area contributed by atoms with Crippen LogP contribution in [0.3, 0.4) is 0 Å². The number of nitrogen functional groups attached to an aromatic ring is 1. The molecule has 1 saturated heterocycles. The number of amidine groups is 1. The van der Waals surface area contributed by atoms with Gasteiger partial charge in [-0.15, -0.1) is 0 Å². The standard InChI is InChI=1S/C28H30N4O4/c29-14-4-7-24(33)27-25(35-16-13-26(34)36-23-5-2-1-3-6-23)12-15-32(27)22-11-10-19-8-9-20(28(30)31)17-21(19)18-22/h1-3,5-6,8-11,14,17-18,25,27,29H,4,7,12-13,15-16H2,(H3,30,31). The summed E-state index contributed by atoms with van der Waals surface area (Å²) < 4.78 is 11.4. The van der Waals surface area contributed by atoms with Crippen molar-refractivity contribution in [1.82, 2.24) is 0 Å². The highest BCUT2D eigenvalue weighted by Crippen LogP contribution is 2.32. The molecule has 1 aliphatic heterocycles. The summed E-state index contributed by atoms with van der Waals surface area (Å²) in [7, 11) is 0. The van der Waals surface area contributed by atoms with Gasteiger partial charge in [0, 0.05) is 24.2 Å². The number of para-hydroxylation sites is 1. The number of ether oxygens (including phenoxy) is 2. The number of rotatable bonds is 11. The number of anilines is 1. The fourth-order valence-electron chi connectivity index (χ4n) is 4.52. The second kappa shape index (κ2) is 11.6. The first-order valence-corrected chi connectivity index (χ1v) is 12.0. The summed E-state index contributed by atoms with van der Waals surface area (Å²) in [4.78, 5) is 27.4. The topological polar surface area (TPSA) is 130 Å². The highest BCUT2D eigenvalue weighted by atomic mass is 16.5. The summed E-state index contributed by atoms with van der Waals surface area (Å²) in [5.41, 5.74) is 7.19. The number of esters is 1. The molecule has 8 heteroatoms. The molecule has 36 heavy (non-hydrogen) atoms. The minimum Gasteiger partial charge on any atom is -0.426 e. The van der Waals surface area contributed by atoms with Crippen molar-refractivity contribution < 1.29 is 19.1 Å². The summed E-state index contributed by atoms with van der Waals surface area (Å²) in [5.74, 6) is 0.102. The van der Waals surface area contributed by atoms with Crippen LogP contribution in [-0.2, 0) is 14.3 Å². The molecule has 4 N–H and O–H groups in total. The number of Topliss-reactive ketones (excluding diaryl/α,β-unsaturated/α-hetero) is 1. The fourth-order valence-corrected chi connectivity index (χ4v) is 4.52. The Hall–Kier alpha value is -4.04. The number of nitrogens with zero attached hydrogens (tertiary/aromatic N) is 1. The van der Waals surface area contributed by atoms with Crippen LogP contribution in [0, 0.1) is 10.8 Å². The molecule has 1 heterocycles. The van der Waals surface area contributed by atoms with Gasteiger partial charge in [-0.05, 0) is 60.2 Å². The van der Waals surface area contributed by atoms with E-state index in [1.165, 1.54) is 6.21 Å². The maximum absolute atomic E-state index is 13.2. The van der Waals surface area contributed by atoms with Crippen LogP contribution in [0.1, 0.15) is 31.2 Å². The molecule has 1 fully saturated rings. The number of ketones is 1. The van der Waals surface area contributed by atoms with E-state index in [9.17, 15) is 9.59 Å². The Morgan fingerprint density at radius 3 is 2.56 bits per heavy atom. The van der Waals surface area contributed by atoms with Crippen molar-refractivity contribution in [1.29, 1.82) is 10.8 Å². The fraction of sp³-hybridized carbons (Fsp3) is 0.286. The zero-order valence-corrected chi connectivity index (χ0v) is 20.0. The van der Waals surface area contributed by atoms with Gasteiger partial charge >= 0.3 is 5.97 Å². The van der Waals surface area contributed by atoms with E-state index >= 15 is 0 Å². The van der Waals surface area contributed by atoms with E-state index in [0.717, 1.165) is 16.5 Å². The van der Waals surface area contributed by atoms with Gasteiger partial charge in [-0.25, -0.2) is 0 Å². The number of fused-ring (bicyclic) bond motifs is 1. The largest absolute Gasteiger partial charge is 0.426 e. The number of hydrogen-bond donors (Lipinski definition) is 3. The maximum atomic E-state index is 13.2. The molecule has 1 aliphatic rings. The summed E-state index contributed by atoms with van der Waals surface area (Å²) >= 11 is 0. The summed E-state index contributed by atoms with van der Waals surface area (Å²) in [6, 6.07) is 19.9. The van der Waals surface area contributed by atoms with E-state index in [0.29, 0.717) is 30.7 Å². The number of nitrogens with one attached hydrogen (secondary N) is 2. The molecule has 2 atom stereocenters. The van der Waals surface area contributed by atoms with Crippen molar-refractivity contribution in [3.05, 3.63) is 72.3 Å². The minimum atomic E-state index is -0.511. The lowest BCUT2D eigenvalue weighted by Crippen LogP contribution is -2.43. The van der Waals surface area contributed by atoms with Crippen LogP contribution in [0.5, 0.6) is 5.75 Å². The van der Waals surface area contributed by atoms with Gasteiger partial charge in [0.15, 0.2) is 5.78 Å². The zero-order chi connectivity index (χ0) is 25.5. The van der Waals surface area contributed by atoms with Crippen molar-refractivity contribution in [2.45, 2.75) is 37.8 Å². The lowest BCUT2D eigenvalue weighted by Gasteiger charge is -2.29. The average Bonchev–Trinajstić information content (AvgIpc) is 3.31. The number of nitrogens with two attached hydrogens (primary N) is 1. The number of carbonyl (C=O) groups excluding carboxylic acids is 2. The number of carbonyl (C=O) groups is 2. The third-order valence-electron chi connectivity index (χ3n) is 6.29. The van der Waals surface area contributed by atoms with Crippen LogP contribution in [0.4, 0.5) is 5.69 Å². The average molecular weight is 487 g/mol. The summed E-state index contributed by atoms with van der Waals surface area (Å²) in [6.45, 7) is 0.774. The Balaban J connectivity index is 1.48. The normalized spacial score (nSPS) is 17.2. The third-order valence-corrected chi connectivity index (χ3v) is 6.29. The van der Waals surface area contributed by atoms with Crippen LogP contribution >= 0.6 is 0 Å². The third kappa shape index (κ3) is 5.95. The van der Waals surface area contributed by atoms with Crippen molar-refractivity contribution in [2.24, 2.45) is 5.73 Å². The van der Waals surface area contributed by atoms with Gasteiger partial charge in [0.05, 0.1) is 19.1 Å². The Morgan fingerprint density at radius 1 is 1.03 bits per heavy atom. The lowest BCUT2D eigenvalue weighted by molar-refractivity contribution is -0.136. The molecule has 2 unspecified atom stereocenters. The van der Waals surface area contributed by atoms with Gasteiger partial charge in [0.25, 0.3) is 0 Å². The smallest absolute Gasteiger partial charge is 0.313 e. The Morgan fingerprint density at radius 2 is 1.81 bits per heavy atom. The van der Waals surface area contributed by atoms with Crippen molar-refractivity contribution in [2.75, 3.05) is 18.1 Å². The first-order chi connectivity index (χ1) is 17.5. The quantitative estimate of drug-likeness (QED) is 0.162. The van der Waals surface area contributed by atoms with Crippen LogP contribution in [0.25, 0.3) is 10.8 Å². The SMILES string of the molecule is N=CCCC(=O)C1C(OCCC(=O)Oc2ccccc2)CCN1c1ccc2ccc(C(=N)N)cc2c1. The summed E-state index contributed by atoms with van der Waals surface area (Å²) in [6.07, 6.45) is 2.22. The van der Waals surface area contributed by atoms with E-state index in [4.69, 9.17) is 26.0 Å². The second-order valence-electron chi connectivity index (χ2n) is 8.74. The van der Waals surface area contributed by atoms with Gasteiger partial charge in [-0.2, -0.15) is 0 Å². The molecule has 0 saturated carbocycles. The highest BCUT2D eigenvalue weighted by Gasteiger charge is 2.39. The molecule has 0 amide bonds. The second-order valence-corrected chi connectivity index (χ2v) is 8.74. The molecule has 0 radical (unpaired) electrons. The zero-order valence-electron chi connectivity index (χ0n) is 20.0. The molecule has 8 nitrogen and oxygen atoms in total. The molecule has 3 aromatic rings. The predicted octanol–water partition coefficient (Wildman–Crippen LogP) is 4.08. The van der Waals surface area contributed by atoms with Crippen LogP contribution in [0.2, 0.25) is 0 Å². The van der Waals surface area contributed by atoms with Gasteiger partial charge < -0.3 is 25.5 Å². The monoisotopic (exact) mass is 486 g/mol. The maximum Gasteiger partial charge on any atom is 0.313 e. The molecule has 0 aliphatic carbocycles. The molecule has 4 rings (SSSR count). The Bertz CT molecular complexity index is 1260. The number of benzene rings is 3. The Kier molecular flexibility index (Phi) is 8.07. The highest BCUT2D eigenvalue weighted by molar-refractivity contribution is 6.00. The van der Waals surface area contributed by atoms with Crippen LogP contribution < -0.4 is 15.4 Å². The molecule has 0 spiro atoms. The lowest BCUT2D eigenvalue weighted by atomic mass is 10.0. The van der Waals surface area contributed by atoms with E-state index < -0.39 is 12.0 Å². The molecule has 0 aromatic heterocycles. The van der Waals surface area contributed by atoms with Gasteiger partial charge in [-0.3, -0.25) is 15.0 Å². The van der Waals surface area contributed by atoms with Crippen molar-refractivity contribution >= 4 is 40.3 Å². The van der Waals surface area contributed by atoms with Gasteiger partial charge in [-0.1, -0.05) is 36.4 Å². The van der Waals surface area contributed by atoms with Crippen LogP contribution in [0.15, 0.2) is 66.7 Å². The van der Waals surface area contributed by atoms with E-state index in [1.54, 1.807) is 24.3 Å². The van der Waals surface area contributed by atoms with Crippen molar-refractivity contribution in [3.8, 4) is 5.75 Å². The molecule has 186 valence electrons. The van der Waals surface area contributed by atoms with E-state index in [-0.39, 0.29) is 37.2 Å². The number of hydrogen-bond acceptors (Lipinski definition) is 7. The van der Waals surface area contributed by atoms with Gasteiger partial charge in [0.1, 0.15) is 17.6 Å². The van der Waals surface area contributed by atoms with Gasteiger partial charge in [0.2, 0.25) is 0 Å². The minimum absolute atomic E-state index is 0.00225. The predicted molar refractivity (Wildman–Crippen MR) is 140 cm³/mol. The first kappa shape index (κ1) is 25.1. The molecule has 3 aromatic carbocycles. The molecular weight excluding hydrogens is 456 g/mol. The van der Waals surface area contributed by atoms with Crippen LogP contribution in [-0.4, -0.2) is 49.1 Å². The van der Waals surface area contributed by atoms with E-state index in [1.807, 2.05) is 47.4 Å². The first-order valence-electron chi connectivity index (χ1n) is 12.0. The molecular formula is C28H30N4O4. The molecule has 0 bridgehead atoms. The van der Waals surface area contributed by atoms with E-state index in [2.05, 4.69) is 0 Å². The van der Waals surface area contributed by atoms with Crippen molar-refractivity contribution in [3.63, 3.8) is 0 Å². The summed E-state index contributed by atoms with van der Waals surface area (Å²) in [5, 5.41) is 17.0. The Labute approximate surface area is 210 Å².